The van der Waals surface area contributed by atoms with Crippen molar-refractivity contribution in [3.63, 3.8) is 0 Å². The van der Waals surface area contributed by atoms with Gasteiger partial charge >= 0.3 is 0 Å². The third-order valence-corrected chi connectivity index (χ3v) is 4.25. The normalized spacial score (nSPS) is 15.6. The number of amides is 1. The number of hydrogen-bond donors (Lipinski definition) is 2. The maximum Gasteiger partial charge on any atom is 0.259 e. The first-order valence-electron chi connectivity index (χ1n) is 7.89. The van der Waals surface area contributed by atoms with Gasteiger partial charge in [-0.15, -0.1) is 0 Å². The van der Waals surface area contributed by atoms with Gasteiger partial charge < -0.3 is 19.4 Å². The molecule has 3 heterocycles. The number of hydrogen-bond acceptors (Lipinski definition) is 6. The van der Waals surface area contributed by atoms with Crippen LogP contribution in [-0.2, 0) is 0 Å². The van der Waals surface area contributed by atoms with Crippen LogP contribution >= 0.6 is 0 Å². The van der Waals surface area contributed by atoms with E-state index in [4.69, 9.17) is 8.94 Å². The van der Waals surface area contributed by atoms with Crippen LogP contribution in [0.2, 0.25) is 0 Å². The highest BCUT2D eigenvalue weighted by Gasteiger charge is 2.29. The van der Waals surface area contributed by atoms with E-state index >= 15 is 0 Å². The summed E-state index contributed by atoms with van der Waals surface area (Å²) in [7, 11) is 0. The zero-order valence-electron chi connectivity index (χ0n) is 13.2. The molecule has 1 aliphatic rings. The van der Waals surface area contributed by atoms with Gasteiger partial charge in [0.15, 0.2) is 0 Å². The molecule has 3 aromatic heterocycles. The predicted molar refractivity (Wildman–Crippen MR) is 84.5 cm³/mol. The molecule has 7 heteroatoms. The quantitative estimate of drug-likeness (QED) is 0.746. The summed E-state index contributed by atoms with van der Waals surface area (Å²) >= 11 is 0. The maximum atomic E-state index is 12.8. The van der Waals surface area contributed by atoms with Gasteiger partial charge in [-0.1, -0.05) is 5.16 Å². The van der Waals surface area contributed by atoms with Crippen molar-refractivity contribution in [1.82, 2.24) is 15.5 Å². The first-order valence-corrected chi connectivity index (χ1v) is 7.89. The Hall–Kier alpha value is -2.67. The van der Waals surface area contributed by atoms with E-state index in [-0.39, 0.29) is 12.5 Å². The molecule has 2 N–H and O–H groups in total. The van der Waals surface area contributed by atoms with Crippen molar-refractivity contribution in [1.29, 1.82) is 0 Å². The van der Waals surface area contributed by atoms with Gasteiger partial charge in [0.25, 0.3) is 11.6 Å². The predicted octanol–water partition coefficient (Wildman–Crippen LogP) is 2.47. The molecule has 1 saturated carbocycles. The van der Waals surface area contributed by atoms with Crippen LogP contribution in [0.25, 0.3) is 11.1 Å². The lowest BCUT2D eigenvalue weighted by Crippen LogP contribution is -2.30. The summed E-state index contributed by atoms with van der Waals surface area (Å²) in [5.74, 6) is 0.566. The molecule has 1 amide bonds. The Kier molecular flexibility index (Phi) is 3.57. The van der Waals surface area contributed by atoms with E-state index in [9.17, 15) is 9.90 Å². The molecule has 0 aliphatic heterocycles. The molecule has 1 atom stereocenters. The van der Waals surface area contributed by atoms with E-state index in [1.54, 1.807) is 25.1 Å². The van der Waals surface area contributed by atoms with Crippen molar-refractivity contribution in [2.75, 3.05) is 6.61 Å². The van der Waals surface area contributed by atoms with Gasteiger partial charge in [0.2, 0.25) is 0 Å². The molecule has 0 bridgehead atoms. The standard InChI is InChI=1S/C17H17N3O4/c1-9-15-11(7-12(10-4-5-10)19-17(15)24-20-9)16(22)18-13(8-21)14-3-2-6-23-14/h2-3,6-7,10,13,21H,4-5,8H2,1H3,(H,18,22). The van der Waals surface area contributed by atoms with Crippen LogP contribution in [-0.4, -0.2) is 27.8 Å². The smallest absolute Gasteiger partial charge is 0.259 e. The van der Waals surface area contributed by atoms with Gasteiger partial charge in [-0.2, -0.15) is 0 Å². The second-order valence-corrected chi connectivity index (χ2v) is 6.04. The summed E-state index contributed by atoms with van der Waals surface area (Å²) in [6.45, 7) is 1.52. The monoisotopic (exact) mass is 327 g/mol. The van der Waals surface area contributed by atoms with Gasteiger partial charge in [-0.25, -0.2) is 4.98 Å². The first kappa shape index (κ1) is 14.9. The summed E-state index contributed by atoms with van der Waals surface area (Å²) in [5.41, 5.74) is 2.30. The fourth-order valence-electron chi connectivity index (χ4n) is 2.81. The Morgan fingerprint density at radius 3 is 3.00 bits per heavy atom. The van der Waals surface area contributed by atoms with Crippen molar-refractivity contribution in [3.05, 3.63) is 47.2 Å². The van der Waals surface area contributed by atoms with Crippen molar-refractivity contribution in [2.45, 2.75) is 31.7 Å². The third-order valence-electron chi connectivity index (χ3n) is 4.25. The largest absolute Gasteiger partial charge is 0.467 e. The summed E-state index contributed by atoms with van der Waals surface area (Å²) in [6.07, 6.45) is 3.64. The average Bonchev–Trinajstić information content (AvgIpc) is 3.18. The Morgan fingerprint density at radius 1 is 1.50 bits per heavy atom. The molecular formula is C17H17N3O4. The molecule has 1 unspecified atom stereocenters. The van der Waals surface area contributed by atoms with E-state index in [2.05, 4.69) is 15.5 Å². The highest BCUT2D eigenvalue weighted by Crippen LogP contribution is 2.40. The number of aliphatic hydroxyl groups excluding tert-OH is 1. The van der Waals surface area contributed by atoms with Crippen LogP contribution in [0.5, 0.6) is 0 Å². The minimum Gasteiger partial charge on any atom is -0.467 e. The summed E-state index contributed by atoms with van der Waals surface area (Å²) in [4.78, 5) is 17.3. The van der Waals surface area contributed by atoms with Crippen LogP contribution in [0.4, 0.5) is 0 Å². The number of nitrogens with one attached hydrogen (secondary N) is 1. The fourth-order valence-corrected chi connectivity index (χ4v) is 2.81. The summed E-state index contributed by atoms with van der Waals surface area (Å²) < 4.78 is 10.5. The number of carbonyl (C=O) groups is 1. The Balaban J connectivity index is 1.71. The highest BCUT2D eigenvalue weighted by atomic mass is 16.5. The van der Waals surface area contributed by atoms with Gasteiger partial charge in [0, 0.05) is 11.6 Å². The molecule has 1 aliphatic carbocycles. The molecule has 1 fully saturated rings. The molecule has 0 saturated heterocycles. The van der Waals surface area contributed by atoms with Gasteiger partial charge in [0.05, 0.1) is 29.5 Å². The van der Waals surface area contributed by atoms with Gasteiger partial charge in [-0.05, 0) is 38.0 Å². The Morgan fingerprint density at radius 2 is 2.33 bits per heavy atom. The number of pyridine rings is 1. The number of carbonyl (C=O) groups excluding carboxylic acids is 1. The second kappa shape index (κ2) is 5.76. The number of aryl methyl sites for hydroxylation is 1. The minimum absolute atomic E-state index is 0.258. The lowest BCUT2D eigenvalue weighted by Gasteiger charge is -2.14. The lowest BCUT2D eigenvalue weighted by atomic mass is 10.1. The van der Waals surface area contributed by atoms with Gasteiger partial charge in [0.1, 0.15) is 11.8 Å². The maximum absolute atomic E-state index is 12.8. The number of furan rings is 1. The second-order valence-electron chi connectivity index (χ2n) is 6.04. The third kappa shape index (κ3) is 2.56. The van der Waals surface area contributed by atoms with Crippen LogP contribution in [0, 0.1) is 6.92 Å². The summed E-state index contributed by atoms with van der Waals surface area (Å²) in [5, 5.41) is 16.9. The molecule has 0 spiro atoms. The van der Waals surface area contributed by atoms with Crippen LogP contribution < -0.4 is 5.32 Å². The first-order chi connectivity index (χ1) is 11.7. The van der Waals surface area contributed by atoms with Crippen molar-refractivity contribution in [3.8, 4) is 0 Å². The summed E-state index contributed by atoms with van der Waals surface area (Å²) in [6, 6.07) is 4.62. The van der Waals surface area contributed by atoms with Crippen LogP contribution in [0.1, 0.15) is 52.3 Å². The zero-order chi connectivity index (χ0) is 16.7. The number of nitrogens with zero attached hydrogens (tertiary/aromatic N) is 2. The van der Waals surface area contributed by atoms with E-state index in [1.165, 1.54) is 6.26 Å². The Labute approximate surface area is 137 Å². The van der Waals surface area contributed by atoms with Crippen molar-refractivity contribution < 1.29 is 18.8 Å². The lowest BCUT2D eigenvalue weighted by molar-refractivity contribution is 0.0908. The zero-order valence-corrected chi connectivity index (χ0v) is 13.2. The molecule has 7 nitrogen and oxygen atoms in total. The fraction of sp³-hybridized carbons (Fsp3) is 0.353. The molecular weight excluding hydrogens is 310 g/mol. The van der Waals surface area contributed by atoms with Crippen molar-refractivity contribution >= 4 is 17.0 Å². The highest BCUT2D eigenvalue weighted by molar-refractivity contribution is 6.06. The topological polar surface area (TPSA) is 101 Å². The average molecular weight is 327 g/mol. The van der Waals surface area contributed by atoms with E-state index < -0.39 is 6.04 Å². The molecule has 24 heavy (non-hydrogen) atoms. The number of aliphatic hydroxyl groups is 1. The molecule has 0 radical (unpaired) electrons. The Bertz CT molecular complexity index is 881. The molecule has 4 rings (SSSR count). The van der Waals surface area contributed by atoms with Gasteiger partial charge in [-0.3, -0.25) is 4.79 Å². The van der Waals surface area contributed by atoms with E-state index in [1.807, 2.05) is 0 Å². The van der Waals surface area contributed by atoms with E-state index in [0.717, 1.165) is 18.5 Å². The van der Waals surface area contributed by atoms with Crippen molar-refractivity contribution in [2.24, 2.45) is 0 Å². The number of aromatic nitrogens is 2. The molecule has 0 aromatic carbocycles. The van der Waals surface area contributed by atoms with Crippen LogP contribution in [0.15, 0.2) is 33.4 Å². The van der Waals surface area contributed by atoms with E-state index in [0.29, 0.717) is 34.0 Å². The SMILES string of the molecule is Cc1noc2nc(C3CC3)cc(C(=O)NC(CO)c3ccco3)c12. The number of rotatable bonds is 5. The number of fused-ring (bicyclic) bond motifs is 1. The molecule has 3 aromatic rings. The van der Waals surface area contributed by atoms with Crippen LogP contribution in [0.3, 0.4) is 0 Å². The molecule has 124 valence electrons. The minimum atomic E-state index is -0.611.